The number of anilines is 1. The zero-order chi connectivity index (χ0) is 32.8. The highest BCUT2D eigenvalue weighted by Gasteiger charge is 2.37. The van der Waals surface area contributed by atoms with E-state index in [9.17, 15) is 14.4 Å². The molecule has 4 aromatic rings. The second-order valence-electron chi connectivity index (χ2n) is 10.5. The summed E-state index contributed by atoms with van der Waals surface area (Å²) in [6.07, 6.45) is 1.37. The Morgan fingerprint density at radius 1 is 0.783 bits per heavy atom. The molecule has 0 spiro atoms. The molecule has 0 unspecified atom stereocenters. The predicted molar refractivity (Wildman–Crippen MR) is 176 cm³/mol. The van der Waals surface area contributed by atoms with Crippen LogP contribution < -0.4 is 29.2 Å². The third-order valence-corrected chi connectivity index (χ3v) is 7.62. The highest BCUT2D eigenvalue weighted by molar-refractivity contribution is 6.39. The molecule has 0 aliphatic carbocycles. The van der Waals surface area contributed by atoms with E-state index in [1.165, 1.54) is 6.08 Å². The van der Waals surface area contributed by atoms with Gasteiger partial charge in [-0.2, -0.15) is 0 Å². The molecule has 5 rings (SSSR count). The van der Waals surface area contributed by atoms with E-state index < -0.39 is 17.8 Å². The zero-order valence-corrected chi connectivity index (χ0v) is 26.6. The molecule has 0 saturated carbocycles. The Morgan fingerprint density at radius 3 is 2.26 bits per heavy atom. The molecule has 10 heteroatoms. The predicted octanol–water partition coefficient (Wildman–Crippen LogP) is 7.19. The molecule has 4 aromatic carbocycles. The van der Waals surface area contributed by atoms with E-state index in [2.05, 4.69) is 5.32 Å². The van der Waals surface area contributed by atoms with Gasteiger partial charge in [0.1, 0.15) is 18.8 Å². The molecule has 1 aliphatic heterocycles. The van der Waals surface area contributed by atoms with E-state index >= 15 is 0 Å². The van der Waals surface area contributed by atoms with Gasteiger partial charge in [-0.15, -0.1) is 0 Å². The minimum absolute atomic E-state index is 0.142. The maximum Gasteiger partial charge on any atom is 0.335 e. The van der Waals surface area contributed by atoms with E-state index in [1.807, 2.05) is 75.4 Å². The summed E-state index contributed by atoms with van der Waals surface area (Å²) in [4.78, 5) is 39.8. The Bertz CT molecular complexity index is 1820. The number of benzene rings is 4. The van der Waals surface area contributed by atoms with E-state index in [0.29, 0.717) is 47.5 Å². The van der Waals surface area contributed by atoms with Crippen molar-refractivity contribution in [3.63, 3.8) is 0 Å². The van der Waals surface area contributed by atoms with Crippen molar-refractivity contribution in [1.29, 1.82) is 0 Å². The van der Waals surface area contributed by atoms with Crippen molar-refractivity contribution in [2.24, 2.45) is 0 Å². The molecule has 0 aromatic heterocycles. The van der Waals surface area contributed by atoms with Crippen molar-refractivity contribution in [2.75, 3.05) is 18.6 Å². The van der Waals surface area contributed by atoms with Gasteiger partial charge in [0.05, 0.1) is 24.4 Å². The smallest absolute Gasteiger partial charge is 0.335 e. The van der Waals surface area contributed by atoms with Crippen molar-refractivity contribution in [3.05, 3.63) is 117 Å². The van der Waals surface area contributed by atoms with E-state index in [-0.39, 0.29) is 17.2 Å². The van der Waals surface area contributed by atoms with Gasteiger partial charge < -0.3 is 18.9 Å². The molecule has 4 amide bonds. The molecule has 0 radical (unpaired) electrons. The Labute approximate surface area is 272 Å². The van der Waals surface area contributed by atoms with Crippen LogP contribution in [-0.4, -0.2) is 31.6 Å². The maximum atomic E-state index is 13.4. The summed E-state index contributed by atoms with van der Waals surface area (Å²) in [6, 6.07) is 22.9. The monoisotopic (exact) mass is 640 g/mol. The molecule has 1 saturated heterocycles. The SMILES string of the molecule is CCOc1cc(/C=C2/C(=O)NC(=O)N(c3ccc(C)c(C)c3)C2=O)cc(Cl)c1OCc1ccc(OCc2ccccc2)c(OC)c1. The summed E-state index contributed by atoms with van der Waals surface area (Å²) in [5, 5.41) is 2.45. The Morgan fingerprint density at radius 2 is 1.54 bits per heavy atom. The quantitative estimate of drug-likeness (QED) is 0.137. The first-order valence-corrected chi connectivity index (χ1v) is 15.0. The minimum atomic E-state index is -0.820. The number of nitrogens with one attached hydrogen (secondary N) is 1. The van der Waals surface area contributed by atoms with Gasteiger partial charge >= 0.3 is 6.03 Å². The number of ether oxygens (including phenoxy) is 4. The Balaban J connectivity index is 1.36. The lowest BCUT2D eigenvalue weighted by Gasteiger charge is -2.27. The lowest BCUT2D eigenvalue weighted by atomic mass is 10.0. The van der Waals surface area contributed by atoms with Gasteiger partial charge in [-0.05, 0) is 91.1 Å². The lowest BCUT2D eigenvalue weighted by molar-refractivity contribution is -0.122. The number of halogens is 1. The number of carbonyl (C=O) groups excluding carboxylic acids is 3. The van der Waals surface area contributed by atoms with Crippen molar-refractivity contribution in [3.8, 4) is 23.0 Å². The van der Waals surface area contributed by atoms with Gasteiger partial charge in [0.2, 0.25) is 0 Å². The van der Waals surface area contributed by atoms with Crippen LogP contribution in [0.4, 0.5) is 10.5 Å². The Hall–Kier alpha value is -5.28. The number of aryl methyl sites for hydroxylation is 2. The molecule has 1 aliphatic rings. The van der Waals surface area contributed by atoms with Crippen molar-refractivity contribution in [1.82, 2.24) is 5.32 Å². The summed E-state index contributed by atoms with van der Waals surface area (Å²) in [7, 11) is 1.57. The number of amides is 4. The highest BCUT2D eigenvalue weighted by Crippen LogP contribution is 2.39. The first-order valence-electron chi connectivity index (χ1n) is 14.6. The number of hydrogen-bond acceptors (Lipinski definition) is 7. The normalized spacial score (nSPS) is 13.9. The number of rotatable bonds is 11. The van der Waals surface area contributed by atoms with Gasteiger partial charge in [0, 0.05) is 0 Å². The molecular formula is C36H33ClN2O7. The van der Waals surface area contributed by atoms with Crippen LogP contribution in [0.3, 0.4) is 0 Å². The molecule has 0 atom stereocenters. The average Bonchev–Trinajstić information content (AvgIpc) is 3.04. The lowest BCUT2D eigenvalue weighted by Crippen LogP contribution is -2.54. The molecule has 46 heavy (non-hydrogen) atoms. The number of nitrogens with zero attached hydrogens (tertiary/aromatic N) is 1. The van der Waals surface area contributed by atoms with E-state index in [1.54, 1.807) is 31.4 Å². The van der Waals surface area contributed by atoms with Crippen LogP contribution in [0, 0.1) is 13.8 Å². The van der Waals surface area contributed by atoms with Crippen LogP contribution >= 0.6 is 11.6 Å². The summed E-state index contributed by atoms with van der Waals surface area (Å²) < 4.78 is 23.4. The number of carbonyl (C=O) groups is 3. The second-order valence-corrected chi connectivity index (χ2v) is 10.9. The van der Waals surface area contributed by atoms with Gasteiger partial charge in [-0.1, -0.05) is 54.1 Å². The van der Waals surface area contributed by atoms with Crippen LogP contribution in [-0.2, 0) is 22.8 Å². The van der Waals surface area contributed by atoms with Gasteiger partial charge in [-0.3, -0.25) is 14.9 Å². The number of methoxy groups -OCH3 is 1. The van der Waals surface area contributed by atoms with Gasteiger partial charge in [0.25, 0.3) is 11.8 Å². The molecule has 0 bridgehead atoms. The molecule has 1 fully saturated rings. The van der Waals surface area contributed by atoms with Gasteiger partial charge in [-0.25, -0.2) is 9.69 Å². The first kappa shape index (κ1) is 32.1. The van der Waals surface area contributed by atoms with Gasteiger partial charge in [0.15, 0.2) is 23.0 Å². The summed E-state index contributed by atoms with van der Waals surface area (Å²) in [5.74, 6) is 0.201. The largest absolute Gasteiger partial charge is 0.493 e. The first-order chi connectivity index (χ1) is 22.2. The molecule has 1 heterocycles. The number of barbiturate groups is 1. The molecular weight excluding hydrogens is 608 g/mol. The van der Waals surface area contributed by atoms with Crippen LogP contribution in [0.15, 0.2) is 84.4 Å². The standard InChI is InChI=1S/C36H33ClN2O7/c1-5-44-32-19-26(16-28-34(40)38-36(42)39(35(28)41)27-13-11-22(2)23(3)15-27)17-29(37)33(32)46-21-25-12-14-30(31(18-25)43-4)45-20-24-9-7-6-8-10-24/h6-19H,5,20-21H2,1-4H3,(H,38,40,42)/b28-16-. The number of hydrogen-bond donors (Lipinski definition) is 1. The Kier molecular flexibility index (Phi) is 9.93. The number of urea groups is 1. The van der Waals surface area contributed by atoms with Crippen LogP contribution in [0.2, 0.25) is 5.02 Å². The van der Waals surface area contributed by atoms with Crippen LogP contribution in [0.25, 0.3) is 6.08 Å². The third kappa shape index (κ3) is 7.16. The van der Waals surface area contributed by atoms with Crippen molar-refractivity contribution in [2.45, 2.75) is 34.0 Å². The fourth-order valence-corrected chi connectivity index (χ4v) is 5.08. The topological polar surface area (TPSA) is 103 Å². The fraction of sp³-hybridized carbons (Fsp3) is 0.194. The van der Waals surface area contributed by atoms with Crippen LogP contribution in [0.1, 0.15) is 34.7 Å². The highest BCUT2D eigenvalue weighted by atomic mass is 35.5. The van der Waals surface area contributed by atoms with Crippen LogP contribution in [0.5, 0.6) is 23.0 Å². The third-order valence-electron chi connectivity index (χ3n) is 7.34. The van der Waals surface area contributed by atoms with E-state index in [0.717, 1.165) is 27.2 Å². The fourth-order valence-electron chi connectivity index (χ4n) is 4.81. The minimum Gasteiger partial charge on any atom is -0.493 e. The molecule has 236 valence electrons. The molecule has 9 nitrogen and oxygen atoms in total. The molecule has 1 N–H and O–H groups in total. The van der Waals surface area contributed by atoms with Crippen molar-refractivity contribution >= 4 is 41.2 Å². The maximum absolute atomic E-state index is 13.4. The second kappa shape index (κ2) is 14.2. The summed E-state index contributed by atoms with van der Waals surface area (Å²) in [5.41, 5.74) is 4.28. The van der Waals surface area contributed by atoms with Crippen molar-refractivity contribution < 1.29 is 33.3 Å². The zero-order valence-electron chi connectivity index (χ0n) is 25.9. The summed E-state index contributed by atoms with van der Waals surface area (Å²) in [6.45, 7) is 6.46. The average molecular weight is 641 g/mol. The summed E-state index contributed by atoms with van der Waals surface area (Å²) >= 11 is 6.66. The number of imide groups is 2. The van der Waals surface area contributed by atoms with E-state index in [4.69, 9.17) is 30.5 Å².